The molecule has 0 aliphatic carbocycles. The first-order valence-electron chi connectivity index (χ1n) is 6.97. The molecule has 110 valence electrons. The predicted octanol–water partition coefficient (Wildman–Crippen LogP) is 2.49. The van der Waals surface area contributed by atoms with E-state index in [2.05, 4.69) is 15.3 Å². The number of carbonyl (C=O) groups is 1. The zero-order valence-corrected chi connectivity index (χ0v) is 12.6. The second-order valence-electron chi connectivity index (χ2n) is 4.96. The molecule has 5 heteroatoms. The van der Waals surface area contributed by atoms with Crippen LogP contribution in [0.15, 0.2) is 36.7 Å². The summed E-state index contributed by atoms with van der Waals surface area (Å²) in [6, 6.07) is 8.13. The number of benzene rings is 1. The Morgan fingerprint density at radius 1 is 1.19 bits per heavy atom. The maximum Gasteiger partial charge on any atom is 0.274 e. The average molecular weight is 284 g/mol. The van der Waals surface area contributed by atoms with E-state index in [4.69, 9.17) is 0 Å². The minimum Gasteiger partial charge on any atom is -0.369 e. The second kappa shape index (κ2) is 6.83. The number of nitrogens with one attached hydrogen (secondary N) is 1. The van der Waals surface area contributed by atoms with Gasteiger partial charge < -0.3 is 10.2 Å². The largest absolute Gasteiger partial charge is 0.369 e. The summed E-state index contributed by atoms with van der Waals surface area (Å²) in [5.74, 6) is 0.543. The molecule has 1 amide bonds. The monoisotopic (exact) mass is 284 g/mol. The number of amides is 1. The van der Waals surface area contributed by atoms with Gasteiger partial charge in [0.15, 0.2) is 0 Å². The highest BCUT2D eigenvalue weighted by Gasteiger charge is 2.13. The molecule has 0 atom stereocenters. The van der Waals surface area contributed by atoms with E-state index in [1.54, 1.807) is 18.1 Å². The lowest BCUT2D eigenvalue weighted by Crippen LogP contribution is -2.27. The van der Waals surface area contributed by atoms with Crippen LogP contribution in [0.25, 0.3) is 0 Å². The number of carbonyl (C=O) groups excluding carboxylic acids is 1. The summed E-state index contributed by atoms with van der Waals surface area (Å²) in [7, 11) is 1.77. The van der Waals surface area contributed by atoms with Crippen molar-refractivity contribution in [1.82, 2.24) is 14.9 Å². The van der Waals surface area contributed by atoms with Gasteiger partial charge in [0, 0.05) is 20.1 Å². The van der Waals surface area contributed by atoms with Gasteiger partial charge in [-0.25, -0.2) is 9.97 Å². The first kappa shape index (κ1) is 15.0. The van der Waals surface area contributed by atoms with Crippen LogP contribution in [-0.2, 0) is 6.54 Å². The molecule has 1 aromatic heterocycles. The third-order valence-electron chi connectivity index (χ3n) is 3.12. The number of rotatable bonds is 5. The first-order chi connectivity index (χ1) is 10.1. The van der Waals surface area contributed by atoms with Crippen LogP contribution in [0.4, 0.5) is 5.82 Å². The molecule has 2 aromatic rings. The third kappa shape index (κ3) is 4.02. The maximum absolute atomic E-state index is 12.3. The van der Waals surface area contributed by atoms with Gasteiger partial charge in [-0.1, -0.05) is 29.8 Å². The minimum atomic E-state index is -0.133. The van der Waals surface area contributed by atoms with Gasteiger partial charge in [0.05, 0.1) is 12.4 Å². The van der Waals surface area contributed by atoms with Crippen molar-refractivity contribution >= 4 is 11.7 Å². The normalized spacial score (nSPS) is 10.2. The van der Waals surface area contributed by atoms with Crippen LogP contribution in [0, 0.1) is 6.92 Å². The molecule has 0 spiro atoms. The molecule has 0 unspecified atom stereocenters. The Labute approximate surface area is 125 Å². The standard InChI is InChI=1S/C16H20N4O/c1-4-17-15-10-18-14(9-19-15)16(21)20(3)11-13-7-5-12(2)6-8-13/h5-10H,4,11H2,1-3H3,(H,17,19). The smallest absolute Gasteiger partial charge is 0.274 e. The molecule has 0 bridgehead atoms. The highest BCUT2D eigenvalue weighted by Crippen LogP contribution is 2.09. The summed E-state index contributed by atoms with van der Waals surface area (Å²) < 4.78 is 0. The summed E-state index contributed by atoms with van der Waals surface area (Å²) >= 11 is 0. The first-order valence-corrected chi connectivity index (χ1v) is 6.97. The van der Waals surface area contributed by atoms with Crippen LogP contribution in [0.1, 0.15) is 28.5 Å². The van der Waals surface area contributed by atoms with Crippen LogP contribution < -0.4 is 5.32 Å². The summed E-state index contributed by atoms with van der Waals surface area (Å²) in [6.45, 7) is 5.35. The molecule has 5 nitrogen and oxygen atoms in total. The molecular formula is C16H20N4O. The maximum atomic E-state index is 12.3. The molecule has 2 rings (SSSR count). The summed E-state index contributed by atoms with van der Waals surface area (Å²) in [5.41, 5.74) is 2.65. The highest BCUT2D eigenvalue weighted by atomic mass is 16.2. The van der Waals surface area contributed by atoms with Crippen molar-refractivity contribution < 1.29 is 4.79 Å². The van der Waals surface area contributed by atoms with Gasteiger partial charge in [-0.3, -0.25) is 4.79 Å². The molecule has 21 heavy (non-hydrogen) atoms. The lowest BCUT2D eigenvalue weighted by molar-refractivity contribution is 0.0779. The van der Waals surface area contributed by atoms with Gasteiger partial charge >= 0.3 is 0 Å². The average Bonchev–Trinajstić information content (AvgIpc) is 2.50. The molecule has 0 saturated carbocycles. The number of aryl methyl sites for hydroxylation is 1. The zero-order chi connectivity index (χ0) is 15.2. The Morgan fingerprint density at radius 2 is 1.90 bits per heavy atom. The number of hydrogen-bond acceptors (Lipinski definition) is 4. The van der Waals surface area contributed by atoms with Gasteiger partial charge in [0.2, 0.25) is 0 Å². The van der Waals surface area contributed by atoms with Crippen LogP contribution in [-0.4, -0.2) is 34.4 Å². The van der Waals surface area contributed by atoms with Crippen LogP contribution >= 0.6 is 0 Å². The van der Waals surface area contributed by atoms with E-state index in [0.717, 1.165) is 12.1 Å². The minimum absolute atomic E-state index is 0.133. The van der Waals surface area contributed by atoms with Crippen molar-refractivity contribution in [1.29, 1.82) is 0 Å². The molecule has 1 aromatic carbocycles. The van der Waals surface area contributed by atoms with Crippen LogP contribution in [0.3, 0.4) is 0 Å². The fourth-order valence-corrected chi connectivity index (χ4v) is 1.95. The third-order valence-corrected chi connectivity index (χ3v) is 3.12. The Bertz CT molecular complexity index is 593. The van der Waals surface area contributed by atoms with Gasteiger partial charge in [-0.2, -0.15) is 0 Å². The molecule has 0 fully saturated rings. The Balaban J connectivity index is 2.02. The van der Waals surface area contributed by atoms with Crippen LogP contribution in [0.2, 0.25) is 0 Å². The van der Waals surface area contributed by atoms with Gasteiger partial charge in [0.1, 0.15) is 11.5 Å². The molecule has 0 aliphatic heterocycles. The second-order valence-corrected chi connectivity index (χ2v) is 4.96. The molecule has 1 heterocycles. The van der Waals surface area contributed by atoms with Crippen molar-refractivity contribution in [3.8, 4) is 0 Å². The molecule has 1 N–H and O–H groups in total. The molecule has 0 saturated heterocycles. The fraction of sp³-hybridized carbons (Fsp3) is 0.312. The number of aromatic nitrogens is 2. The number of nitrogens with zero attached hydrogens (tertiary/aromatic N) is 3. The lowest BCUT2D eigenvalue weighted by Gasteiger charge is -2.17. The van der Waals surface area contributed by atoms with Crippen molar-refractivity contribution in [2.45, 2.75) is 20.4 Å². The van der Waals surface area contributed by atoms with E-state index in [9.17, 15) is 4.79 Å². The number of hydrogen-bond donors (Lipinski definition) is 1. The Hall–Kier alpha value is -2.43. The van der Waals surface area contributed by atoms with E-state index in [1.807, 2.05) is 38.1 Å². The van der Waals surface area contributed by atoms with Gasteiger partial charge in [0.25, 0.3) is 5.91 Å². The van der Waals surface area contributed by atoms with E-state index in [0.29, 0.717) is 18.1 Å². The zero-order valence-electron chi connectivity index (χ0n) is 12.6. The van der Waals surface area contributed by atoms with Crippen molar-refractivity contribution in [3.63, 3.8) is 0 Å². The van der Waals surface area contributed by atoms with Gasteiger partial charge in [-0.05, 0) is 19.4 Å². The summed E-state index contributed by atoms with van der Waals surface area (Å²) in [5, 5.41) is 3.05. The summed E-state index contributed by atoms with van der Waals surface area (Å²) in [6.07, 6.45) is 3.09. The van der Waals surface area contributed by atoms with E-state index in [-0.39, 0.29) is 5.91 Å². The van der Waals surface area contributed by atoms with Crippen molar-refractivity contribution in [2.75, 3.05) is 18.9 Å². The predicted molar refractivity (Wildman–Crippen MR) is 83.2 cm³/mol. The van der Waals surface area contributed by atoms with E-state index in [1.165, 1.54) is 11.8 Å². The lowest BCUT2D eigenvalue weighted by atomic mass is 10.1. The van der Waals surface area contributed by atoms with E-state index < -0.39 is 0 Å². The highest BCUT2D eigenvalue weighted by molar-refractivity contribution is 5.91. The Morgan fingerprint density at radius 3 is 2.48 bits per heavy atom. The molecular weight excluding hydrogens is 264 g/mol. The molecule has 0 radical (unpaired) electrons. The van der Waals surface area contributed by atoms with Gasteiger partial charge in [-0.15, -0.1) is 0 Å². The van der Waals surface area contributed by atoms with E-state index >= 15 is 0 Å². The fourth-order valence-electron chi connectivity index (χ4n) is 1.95. The quantitative estimate of drug-likeness (QED) is 0.916. The summed E-state index contributed by atoms with van der Waals surface area (Å²) in [4.78, 5) is 22.3. The topological polar surface area (TPSA) is 58.1 Å². The van der Waals surface area contributed by atoms with Crippen molar-refractivity contribution in [3.05, 3.63) is 53.5 Å². The Kier molecular flexibility index (Phi) is 4.87. The SMILES string of the molecule is CCNc1cnc(C(=O)N(C)Cc2ccc(C)cc2)cn1. The van der Waals surface area contributed by atoms with Crippen LogP contribution in [0.5, 0.6) is 0 Å². The van der Waals surface area contributed by atoms with Crippen molar-refractivity contribution in [2.24, 2.45) is 0 Å². The number of anilines is 1. The molecule has 0 aliphatic rings.